The lowest BCUT2D eigenvalue weighted by Gasteiger charge is -2.33. The van der Waals surface area contributed by atoms with Crippen LogP contribution < -0.4 is 9.64 Å². The highest BCUT2D eigenvalue weighted by molar-refractivity contribution is 5.76. The van der Waals surface area contributed by atoms with Crippen LogP contribution in [0.3, 0.4) is 0 Å². The van der Waals surface area contributed by atoms with Crippen molar-refractivity contribution >= 4 is 11.9 Å². The SMILES string of the molecule is COc1ccc(C2CC2)cc1-c1ccc(N2CCC2)nc1CN1C(=O)O[C@H](c2cc(C(F)(F)F)cc(C(F)(F)F)c2)[C@@H]1C. The van der Waals surface area contributed by atoms with E-state index < -0.39 is 41.7 Å². The van der Waals surface area contributed by atoms with Crippen LogP contribution >= 0.6 is 0 Å². The molecule has 0 N–H and O–H groups in total. The summed E-state index contributed by atoms with van der Waals surface area (Å²) in [7, 11) is 1.56. The third kappa shape index (κ3) is 5.71. The number of pyridine rings is 1. The number of methoxy groups -OCH3 is 1. The molecule has 0 radical (unpaired) electrons. The van der Waals surface area contributed by atoms with Crippen molar-refractivity contribution in [2.24, 2.45) is 0 Å². The molecule has 43 heavy (non-hydrogen) atoms. The van der Waals surface area contributed by atoms with Gasteiger partial charge < -0.3 is 14.4 Å². The van der Waals surface area contributed by atoms with Gasteiger partial charge in [-0.3, -0.25) is 4.90 Å². The molecular formula is C31H29F6N3O3. The molecule has 0 unspecified atom stereocenters. The Labute approximate surface area is 244 Å². The second-order valence-corrected chi connectivity index (χ2v) is 11.3. The molecule has 6 nitrogen and oxygen atoms in total. The van der Waals surface area contributed by atoms with E-state index in [2.05, 4.69) is 11.0 Å². The van der Waals surface area contributed by atoms with Crippen LogP contribution in [0.15, 0.2) is 48.5 Å². The van der Waals surface area contributed by atoms with Crippen molar-refractivity contribution in [3.05, 3.63) is 76.5 Å². The van der Waals surface area contributed by atoms with E-state index in [1.165, 1.54) is 11.8 Å². The summed E-state index contributed by atoms with van der Waals surface area (Å²) in [6.07, 6.45) is -9.05. The molecule has 2 aliphatic heterocycles. The highest BCUT2D eigenvalue weighted by Crippen LogP contribution is 2.45. The number of hydrogen-bond acceptors (Lipinski definition) is 5. The normalized spacial score (nSPS) is 20.7. The highest BCUT2D eigenvalue weighted by Gasteiger charge is 2.43. The Bertz CT molecular complexity index is 1520. The number of halogens is 6. The Balaban J connectivity index is 1.37. The molecule has 6 rings (SSSR count). The summed E-state index contributed by atoms with van der Waals surface area (Å²) in [5.74, 6) is 1.79. The lowest BCUT2D eigenvalue weighted by Crippen LogP contribution is -2.38. The van der Waals surface area contributed by atoms with E-state index in [1.54, 1.807) is 7.11 Å². The summed E-state index contributed by atoms with van der Waals surface area (Å²) in [5.41, 5.74) is -0.139. The molecule has 0 spiro atoms. The van der Waals surface area contributed by atoms with Crippen LogP contribution in [0.4, 0.5) is 37.0 Å². The number of aromatic nitrogens is 1. The first kappa shape index (κ1) is 29.1. The molecule has 3 aromatic rings. The van der Waals surface area contributed by atoms with E-state index in [-0.39, 0.29) is 18.2 Å². The Hall–Kier alpha value is -3.96. The van der Waals surface area contributed by atoms with Crippen LogP contribution in [-0.4, -0.2) is 42.2 Å². The fourth-order valence-corrected chi connectivity index (χ4v) is 5.65. The number of benzene rings is 2. The maximum Gasteiger partial charge on any atom is 0.416 e. The highest BCUT2D eigenvalue weighted by atomic mass is 19.4. The van der Waals surface area contributed by atoms with E-state index in [0.717, 1.165) is 43.5 Å². The van der Waals surface area contributed by atoms with Crippen molar-refractivity contribution in [1.82, 2.24) is 9.88 Å². The number of nitrogens with zero attached hydrogens (tertiary/aromatic N) is 3. The molecule has 0 bridgehead atoms. The van der Waals surface area contributed by atoms with Crippen molar-refractivity contribution in [2.45, 2.75) is 63.1 Å². The molecule has 12 heteroatoms. The smallest absolute Gasteiger partial charge is 0.416 e. The third-order valence-electron chi connectivity index (χ3n) is 8.35. The van der Waals surface area contributed by atoms with Crippen LogP contribution in [0.5, 0.6) is 5.75 Å². The molecule has 1 aliphatic carbocycles. The summed E-state index contributed by atoms with van der Waals surface area (Å²) >= 11 is 0. The summed E-state index contributed by atoms with van der Waals surface area (Å²) < 4.78 is 92.3. The van der Waals surface area contributed by atoms with Crippen LogP contribution in [-0.2, 0) is 23.6 Å². The summed E-state index contributed by atoms with van der Waals surface area (Å²) in [6.45, 7) is 3.12. The minimum absolute atomic E-state index is 0.0589. The van der Waals surface area contributed by atoms with Crippen molar-refractivity contribution < 1.29 is 40.6 Å². The minimum atomic E-state index is -5.02. The van der Waals surface area contributed by atoms with E-state index >= 15 is 0 Å². The standard InChI is InChI=1S/C31H29F6N3O3/c1-17-28(20-12-21(30(32,33)34)15-22(13-20)31(35,36)37)43-29(41)40(17)16-25-23(7-9-27(38-25)39-10-3-11-39)24-14-19(18-4-5-18)6-8-26(24)42-2/h6-9,12-15,17-18,28H,3-5,10-11,16H2,1-2H3/t17-,28-/m0/s1. The number of alkyl halides is 6. The fraction of sp³-hybridized carbons (Fsp3) is 0.419. The molecule has 3 fully saturated rings. The predicted molar refractivity (Wildman–Crippen MR) is 146 cm³/mol. The number of ether oxygens (including phenoxy) is 2. The van der Waals surface area contributed by atoms with Gasteiger partial charge in [0.05, 0.1) is 36.5 Å². The Morgan fingerprint density at radius 3 is 2.14 bits per heavy atom. The second kappa shape index (κ2) is 10.6. The van der Waals surface area contributed by atoms with E-state index in [0.29, 0.717) is 40.9 Å². The first-order valence-corrected chi connectivity index (χ1v) is 14.0. The van der Waals surface area contributed by atoms with Gasteiger partial charge in [-0.25, -0.2) is 9.78 Å². The van der Waals surface area contributed by atoms with E-state index in [9.17, 15) is 31.1 Å². The fourth-order valence-electron chi connectivity index (χ4n) is 5.65. The van der Waals surface area contributed by atoms with Gasteiger partial charge in [0.25, 0.3) is 0 Å². The average molecular weight is 606 g/mol. The average Bonchev–Trinajstić information content (AvgIpc) is 3.73. The Kier molecular flexibility index (Phi) is 7.21. The van der Waals surface area contributed by atoms with Crippen molar-refractivity contribution in [1.29, 1.82) is 0 Å². The van der Waals surface area contributed by atoms with Crippen molar-refractivity contribution in [2.75, 3.05) is 25.1 Å². The predicted octanol–water partition coefficient (Wildman–Crippen LogP) is 7.96. The number of carbonyl (C=O) groups excluding carboxylic acids is 1. The second-order valence-electron chi connectivity index (χ2n) is 11.3. The zero-order chi connectivity index (χ0) is 30.7. The largest absolute Gasteiger partial charge is 0.496 e. The number of rotatable bonds is 7. The van der Waals surface area contributed by atoms with Gasteiger partial charge >= 0.3 is 18.4 Å². The molecule has 3 heterocycles. The maximum absolute atomic E-state index is 13.5. The minimum Gasteiger partial charge on any atom is -0.496 e. The lowest BCUT2D eigenvalue weighted by atomic mass is 9.96. The topological polar surface area (TPSA) is 54.9 Å². The zero-order valence-corrected chi connectivity index (χ0v) is 23.4. The van der Waals surface area contributed by atoms with E-state index in [4.69, 9.17) is 14.5 Å². The van der Waals surface area contributed by atoms with Gasteiger partial charge in [-0.05, 0) is 85.7 Å². The summed E-state index contributed by atoms with van der Waals surface area (Å²) in [4.78, 5) is 21.4. The molecule has 2 aromatic carbocycles. The number of amides is 1. The molecule has 2 atom stereocenters. The van der Waals surface area contributed by atoms with Gasteiger partial charge in [0, 0.05) is 24.2 Å². The van der Waals surface area contributed by atoms with Crippen LogP contribution in [0.25, 0.3) is 11.1 Å². The molecule has 228 valence electrons. The lowest BCUT2D eigenvalue weighted by molar-refractivity contribution is -0.143. The zero-order valence-electron chi connectivity index (χ0n) is 23.4. The monoisotopic (exact) mass is 605 g/mol. The Morgan fingerprint density at radius 1 is 0.907 bits per heavy atom. The Morgan fingerprint density at radius 2 is 1.58 bits per heavy atom. The first-order chi connectivity index (χ1) is 20.3. The third-order valence-corrected chi connectivity index (χ3v) is 8.35. The number of hydrogen-bond donors (Lipinski definition) is 0. The summed E-state index contributed by atoms with van der Waals surface area (Å²) in [5, 5.41) is 0. The molecule has 2 saturated heterocycles. The van der Waals surface area contributed by atoms with Gasteiger partial charge in [-0.1, -0.05) is 6.07 Å². The first-order valence-electron chi connectivity index (χ1n) is 14.0. The van der Waals surface area contributed by atoms with Crippen LogP contribution in [0.2, 0.25) is 0 Å². The molecule has 1 aromatic heterocycles. The van der Waals surface area contributed by atoms with Crippen LogP contribution in [0.1, 0.15) is 66.2 Å². The number of carbonyl (C=O) groups is 1. The van der Waals surface area contributed by atoms with Crippen molar-refractivity contribution in [3.63, 3.8) is 0 Å². The van der Waals surface area contributed by atoms with Gasteiger partial charge in [0.1, 0.15) is 17.7 Å². The molecule has 1 saturated carbocycles. The van der Waals surface area contributed by atoms with E-state index in [1.807, 2.05) is 24.3 Å². The maximum atomic E-state index is 13.5. The van der Waals surface area contributed by atoms with Gasteiger partial charge in [-0.15, -0.1) is 0 Å². The summed E-state index contributed by atoms with van der Waals surface area (Å²) in [6, 6.07) is 10.2. The molecular weight excluding hydrogens is 576 g/mol. The quantitative estimate of drug-likeness (QED) is 0.256. The van der Waals surface area contributed by atoms with Gasteiger partial charge in [0.15, 0.2) is 0 Å². The number of cyclic esters (lactones) is 1. The van der Waals surface area contributed by atoms with Crippen LogP contribution in [0, 0.1) is 0 Å². The van der Waals surface area contributed by atoms with Gasteiger partial charge in [-0.2, -0.15) is 26.3 Å². The number of anilines is 1. The van der Waals surface area contributed by atoms with Gasteiger partial charge in [0.2, 0.25) is 0 Å². The molecule has 1 amide bonds. The van der Waals surface area contributed by atoms with Crippen molar-refractivity contribution in [3.8, 4) is 16.9 Å². The molecule has 3 aliphatic rings.